The van der Waals surface area contributed by atoms with Crippen molar-refractivity contribution in [1.82, 2.24) is 53.2 Å². The molecule has 670 valence electrons. The van der Waals surface area contributed by atoms with Crippen LogP contribution in [0.4, 0.5) is 4.79 Å². The zero-order valence-corrected chi connectivity index (χ0v) is 75.4. The van der Waals surface area contributed by atoms with E-state index < -0.39 is 214 Å². The van der Waals surface area contributed by atoms with E-state index in [1.165, 1.54) is 18.7 Å². The van der Waals surface area contributed by atoms with Crippen molar-refractivity contribution in [2.24, 2.45) is 11.8 Å². The number of esters is 3. The maximum atomic E-state index is 16.1. The Labute approximate surface area is 735 Å². The first kappa shape index (κ1) is 101. The lowest BCUT2D eigenvalue weighted by Gasteiger charge is -2.37. The van der Waals surface area contributed by atoms with Gasteiger partial charge in [-0.1, -0.05) is 210 Å². The maximum absolute atomic E-state index is 16.1. The van der Waals surface area contributed by atoms with E-state index in [4.69, 9.17) is 18.9 Å². The second-order valence-electron chi connectivity index (χ2n) is 34.7. The van der Waals surface area contributed by atoms with Crippen LogP contribution in [0.2, 0.25) is 0 Å². The third-order valence-corrected chi connectivity index (χ3v) is 21.3. The zero-order chi connectivity index (χ0) is 91.9. The molecule has 0 radical (unpaired) electrons. The number of nitrogens with one attached hydrogen (secondary N) is 10. The van der Waals surface area contributed by atoms with E-state index in [2.05, 4.69) is 53.2 Å². The maximum Gasteiger partial charge on any atom is 0.408 e. The summed E-state index contributed by atoms with van der Waals surface area (Å²) in [5.41, 5.74) is -2.03. The van der Waals surface area contributed by atoms with E-state index in [9.17, 15) is 43.5 Å². The summed E-state index contributed by atoms with van der Waals surface area (Å²) in [5, 5.41) is 36.9. The van der Waals surface area contributed by atoms with Crippen LogP contribution in [-0.4, -0.2) is 176 Å². The highest BCUT2D eigenvalue weighted by Crippen LogP contribution is 2.49. The Morgan fingerprint density at radius 2 is 0.677 bits per heavy atom. The first-order valence-electron chi connectivity index (χ1n) is 41.3. The number of carboxylic acids is 1. The van der Waals surface area contributed by atoms with Crippen LogP contribution in [0, 0.1) is 11.8 Å². The van der Waals surface area contributed by atoms with Crippen LogP contribution in [0.25, 0.3) is 0 Å². The van der Waals surface area contributed by atoms with Crippen LogP contribution in [0.5, 0.6) is 0 Å². The van der Waals surface area contributed by atoms with Crippen LogP contribution in [0.3, 0.4) is 0 Å². The van der Waals surface area contributed by atoms with Crippen molar-refractivity contribution in [2.45, 2.75) is 244 Å². The molecular weight excluding hydrogens is 1630 g/mol. The fourth-order valence-electron chi connectivity index (χ4n) is 13.3. The number of amides is 10. The molecule has 31 heteroatoms. The minimum atomic E-state index is -2.04. The van der Waals surface area contributed by atoms with Crippen molar-refractivity contribution in [1.29, 1.82) is 0 Å². The summed E-state index contributed by atoms with van der Waals surface area (Å²) < 4.78 is 21.5. The minimum Gasteiger partial charge on any atom is -0.480 e. The number of alkyl carbamates (subject to hydrolysis) is 1. The molecule has 8 atom stereocenters. The molecule has 0 heterocycles. The summed E-state index contributed by atoms with van der Waals surface area (Å²) in [7, 11) is 0. The Morgan fingerprint density at radius 3 is 1.04 bits per heavy atom. The first-order chi connectivity index (χ1) is 58.2. The molecule has 6 aromatic rings. The summed E-state index contributed by atoms with van der Waals surface area (Å²) >= 11 is 2.21. The molecule has 0 aliphatic carbocycles. The second kappa shape index (κ2) is 46.8. The first-order valence-corrected chi connectivity index (χ1v) is 43.4. The zero-order valence-electron chi connectivity index (χ0n) is 73.8. The Balaban J connectivity index is 1.51. The van der Waals surface area contributed by atoms with Gasteiger partial charge in [-0.3, -0.25) is 57.5 Å². The molecule has 124 heavy (non-hydrogen) atoms. The van der Waals surface area contributed by atoms with E-state index in [0.717, 1.165) is 11.8 Å². The number of hydrogen-bond donors (Lipinski definition) is 11. The Hall–Kier alpha value is -11.6. The van der Waals surface area contributed by atoms with Gasteiger partial charge in [0.25, 0.3) is 0 Å². The molecule has 0 aromatic heterocycles. The fourth-order valence-corrected chi connectivity index (χ4v) is 15.7. The number of carbonyl (C=O) groups is 14. The van der Waals surface area contributed by atoms with Gasteiger partial charge in [0.1, 0.15) is 76.3 Å². The molecule has 0 bridgehead atoms. The number of hydrogen-bond acceptors (Lipinski definition) is 20. The van der Waals surface area contributed by atoms with Crippen molar-refractivity contribution >= 4 is 107 Å². The van der Waals surface area contributed by atoms with E-state index in [1.807, 2.05) is 127 Å². The largest absolute Gasteiger partial charge is 0.480 e. The van der Waals surface area contributed by atoms with Gasteiger partial charge in [0, 0.05) is 31.3 Å². The van der Waals surface area contributed by atoms with Gasteiger partial charge in [0.05, 0.1) is 23.5 Å². The van der Waals surface area contributed by atoms with E-state index >= 15 is 28.8 Å². The average Bonchev–Trinajstić information content (AvgIpc) is 0.717. The quantitative estimate of drug-likeness (QED) is 0.00557. The highest BCUT2D eigenvalue weighted by Gasteiger charge is 2.44. The molecule has 29 nitrogen and oxygen atoms in total. The predicted octanol–water partition coefficient (Wildman–Crippen LogP) is 10.1. The third kappa shape index (κ3) is 32.9. The van der Waals surface area contributed by atoms with Crippen LogP contribution < -0.4 is 53.2 Å². The third-order valence-electron chi connectivity index (χ3n) is 18.7. The number of benzene rings is 6. The smallest absolute Gasteiger partial charge is 0.408 e. The van der Waals surface area contributed by atoms with Crippen LogP contribution in [0.15, 0.2) is 182 Å². The molecular formula is C93H122N10O19S2. The van der Waals surface area contributed by atoms with Crippen molar-refractivity contribution in [3.8, 4) is 0 Å². The predicted molar refractivity (Wildman–Crippen MR) is 474 cm³/mol. The number of thioether (sulfide) groups is 2. The molecule has 0 aliphatic rings. The molecule has 0 saturated carbocycles. The fraction of sp³-hybridized carbons (Fsp3) is 0.462. The van der Waals surface area contributed by atoms with Crippen molar-refractivity contribution in [3.05, 3.63) is 215 Å². The molecule has 0 aliphatic heterocycles. The molecule has 0 saturated heterocycles. The molecule has 0 fully saturated rings. The van der Waals surface area contributed by atoms with Gasteiger partial charge in [0.2, 0.25) is 53.2 Å². The number of ether oxygens (including phenoxy) is 4. The van der Waals surface area contributed by atoms with E-state index in [-0.39, 0.29) is 24.0 Å². The highest BCUT2D eigenvalue weighted by atomic mass is 32.2. The molecule has 6 aromatic carbocycles. The van der Waals surface area contributed by atoms with Crippen LogP contribution in [0.1, 0.15) is 196 Å². The van der Waals surface area contributed by atoms with Crippen LogP contribution >= 0.6 is 23.5 Å². The summed E-state index contributed by atoms with van der Waals surface area (Å²) in [5.74, 6) is -14.4. The number of carbonyl (C=O) groups excluding carboxylic acids is 13. The Bertz CT molecular complexity index is 4390. The number of aliphatic carboxylic acids is 1. The highest BCUT2D eigenvalue weighted by molar-refractivity contribution is 8.00. The van der Waals surface area contributed by atoms with E-state index in [0.29, 0.717) is 33.4 Å². The molecule has 0 spiro atoms. The molecule has 11 N–H and O–H groups in total. The van der Waals surface area contributed by atoms with Crippen molar-refractivity contribution in [3.63, 3.8) is 0 Å². The summed E-state index contributed by atoms with van der Waals surface area (Å²) in [6.07, 6.45) is -5.30. The van der Waals surface area contributed by atoms with Gasteiger partial charge in [-0.25, -0.2) is 9.59 Å². The van der Waals surface area contributed by atoms with Gasteiger partial charge in [0.15, 0.2) is 0 Å². The van der Waals surface area contributed by atoms with Gasteiger partial charge in [-0.05, 0) is 148 Å². The summed E-state index contributed by atoms with van der Waals surface area (Å²) in [4.78, 5) is 203. The van der Waals surface area contributed by atoms with Gasteiger partial charge in [-0.15, -0.1) is 23.5 Å². The molecule has 10 amide bonds. The molecule has 6 rings (SSSR count). The monoisotopic (exact) mass is 1750 g/mol. The van der Waals surface area contributed by atoms with Crippen LogP contribution in [-0.2, 0) is 91.6 Å². The molecule has 0 unspecified atom stereocenters. The summed E-state index contributed by atoms with van der Waals surface area (Å²) in [6, 6.07) is 41.0. The summed E-state index contributed by atoms with van der Waals surface area (Å²) in [6.45, 7) is 27.0. The van der Waals surface area contributed by atoms with E-state index in [1.54, 1.807) is 165 Å². The van der Waals surface area contributed by atoms with Crippen molar-refractivity contribution < 1.29 is 91.2 Å². The number of carboxylic acid groups (broad SMARTS) is 1. The lowest BCUT2D eigenvalue weighted by molar-refractivity contribution is -0.157. The normalized spacial score (nSPS) is 13.8. The Morgan fingerprint density at radius 1 is 0.363 bits per heavy atom. The SMILES string of the molecule is CC(=O)NCSC[C@H](NC(=O)[C@H](CC(C)C)NC(=O)[C@H](CCC(=O)OC(C)(C)C)NC(=O)[C@H](CSC(c1ccccc1)(c1ccccc1)c1ccccc1)NC(=O)[C@H](CCC(=O)OC(C)(C)C)NC(=O)[C@H](CC(=O)OC(C)(C)C)NC(=O)[C@H](CC(=O)NC(c1ccccc1)(c1ccccc1)c1ccccc1)NC(=O)OC(C)(C)C)C(=O)N[C@H](C(=O)O)C(C)C. The van der Waals surface area contributed by atoms with Gasteiger partial charge >= 0.3 is 30.0 Å². The van der Waals surface area contributed by atoms with Gasteiger partial charge in [-0.2, -0.15) is 0 Å². The lowest BCUT2D eigenvalue weighted by atomic mass is 9.77. The topological polar surface area (TPSA) is 416 Å². The standard InChI is InChI=1S/C93H122N10O19S2/c1-58(2)52-69(81(111)99-72(55-123-57-94-60(5)104)85(115)102-78(59(3)4)86(116)117)97-79(109)67(48-50-75(106)119-88(6,7)8)96-84(114)73(56-124-93(64-42-30-21-31-43-64,65-44-32-22-33-45-65)66-46-34-23-35-47-66)100-80(110)68(49-51-76(107)120-89(9,10)11)95-83(113)71(54-77(108)121-90(12,13)14)98-82(112)70(101-87(118)122-91(15,16)17)53-74(105)103-92(61-36-24-18-25-37-61,62-38-26-19-27-39-62)63-40-28-20-29-41-63/h18-47,58-59,67-73,78H,48-57H2,1-17H3,(H,94,104)(H,95,113)(H,96,114)(H,97,109)(H,98,112)(H,99,111)(H,100,110)(H,101,118)(H,102,115)(H,103,105)(H,116,117)/t67-,68-,69-,70-,71-,72-,73-,78-/m0/s1. The average molecular weight is 1750 g/mol. The number of rotatable bonds is 43. The lowest BCUT2D eigenvalue weighted by Crippen LogP contribution is -2.61. The van der Waals surface area contributed by atoms with Gasteiger partial charge < -0.3 is 77.2 Å². The minimum absolute atomic E-state index is 0.0120. The Kier molecular flexibility index (Phi) is 38.2. The van der Waals surface area contributed by atoms with Crippen molar-refractivity contribution in [2.75, 3.05) is 17.4 Å². The second-order valence-corrected chi connectivity index (χ2v) is 37.0.